The van der Waals surface area contributed by atoms with Gasteiger partial charge in [0.1, 0.15) is 23.7 Å². The molecule has 132 valence electrons. The topological polar surface area (TPSA) is 75.1 Å². The molecule has 1 amide bonds. The van der Waals surface area contributed by atoms with Crippen molar-refractivity contribution in [3.63, 3.8) is 0 Å². The van der Waals surface area contributed by atoms with E-state index in [1.165, 1.54) is 0 Å². The maximum atomic E-state index is 12.2. The van der Waals surface area contributed by atoms with Gasteiger partial charge in [0.05, 0.1) is 0 Å². The highest BCUT2D eigenvalue weighted by molar-refractivity contribution is 5.92. The van der Waals surface area contributed by atoms with Gasteiger partial charge in [-0.15, -0.1) is 0 Å². The number of nitrogens with zero attached hydrogens (tertiary/aromatic N) is 6. The highest BCUT2D eigenvalue weighted by Gasteiger charge is 2.22. The van der Waals surface area contributed by atoms with E-state index in [9.17, 15) is 4.79 Å². The van der Waals surface area contributed by atoms with Gasteiger partial charge in [0, 0.05) is 39.1 Å². The van der Waals surface area contributed by atoms with E-state index >= 15 is 0 Å². The predicted octanol–water partition coefficient (Wildman–Crippen LogP) is 1.74. The number of hydrogen-bond acceptors (Lipinski definition) is 6. The normalized spacial score (nSPS) is 17.4. The second kappa shape index (κ2) is 7.55. The third kappa shape index (κ3) is 4.29. The monoisotopic (exact) mass is 340 g/mol. The molecule has 7 heteroatoms. The Morgan fingerprint density at radius 1 is 1.36 bits per heavy atom. The summed E-state index contributed by atoms with van der Waals surface area (Å²) in [7, 11) is 3.47. The predicted molar refractivity (Wildman–Crippen MR) is 95.5 cm³/mol. The number of amides is 1. The van der Waals surface area contributed by atoms with Crippen LogP contribution in [0.2, 0.25) is 0 Å². The van der Waals surface area contributed by atoms with Gasteiger partial charge < -0.3 is 9.80 Å². The van der Waals surface area contributed by atoms with E-state index < -0.39 is 0 Å². The molecule has 1 fully saturated rings. The average molecular weight is 340 g/mol. The van der Waals surface area contributed by atoms with Crippen molar-refractivity contribution >= 4 is 11.7 Å². The maximum absolute atomic E-state index is 12.2. The molecule has 0 radical (unpaired) electrons. The second-order valence-corrected chi connectivity index (χ2v) is 6.72. The summed E-state index contributed by atoms with van der Waals surface area (Å²) in [6.45, 7) is 3.79. The maximum Gasteiger partial charge on any atom is 0.272 e. The lowest BCUT2D eigenvalue weighted by molar-refractivity contribution is 0.0821. The molecule has 1 aliphatic rings. The van der Waals surface area contributed by atoms with E-state index in [1.807, 2.05) is 19.1 Å². The van der Waals surface area contributed by atoms with E-state index in [0.29, 0.717) is 17.4 Å². The molecular weight excluding hydrogens is 316 g/mol. The zero-order valence-electron chi connectivity index (χ0n) is 15.0. The van der Waals surface area contributed by atoms with Crippen molar-refractivity contribution in [2.45, 2.75) is 26.2 Å². The summed E-state index contributed by atoms with van der Waals surface area (Å²) < 4.78 is 0. The number of anilines is 1. The third-order valence-corrected chi connectivity index (χ3v) is 4.42. The van der Waals surface area contributed by atoms with Crippen LogP contribution in [0.25, 0.3) is 0 Å². The number of aromatic nitrogens is 4. The van der Waals surface area contributed by atoms with Crippen LogP contribution in [0, 0.1) is 12.8 Å². The van der Waals surface area contributed by atoms with Gasteiger partial charge in [0.2, 0.25) is 0 Å². The first-order valence-corrected chi connectivity index (χ1v) is 8.60. The number of rotatable bonds is 4. The minimum atomic E-state index is -0.0852. The lowest BCUT2D eigenvalue weighted by Crippen LogP contribution is -2.37. The summed E-state index contributed by atoms with van der Waals surface area (Å²) in [6.07, 6.45) is 6.49. The zero-order valence-corrected chi connectivity index (χ0v) is 15.0. The van der Waals surface area contributed by atoms with Gasteiger partial charge in [-0.1, -0.05) is 0 Å². The molecule has 0 aliphatic carbocycles. The summed E-state index contributed by atoms with van der Waals surface area (Å²) in [6, 6.07) is 3.78. The van der Waals surface area contributed by atoms with E-state index in [0.717, 1.165) is 43.9 Å². The molecule has 3 rings (SSSR count). The van der Waals surface area contributed by atoms with Crippen molar-refractivity contribution in [3.05, 3.63) is 41.9 Å². The van der Waals surface area contributed by atoms with E-state index in [4.69, 9.17) is 0 Å². The number of hydrogen-bond donors (Lipinski definition) is 0. The van der Waals surface area contributed by atoms with E-state index in [1.54, 1.807) is 31.5 Å². The minimum Gasteiger partial charge on any atom is -0.356 e. The highest BCUT2D eigenvalue weighted by Crippen LogP contribution is 2.23. The standard InChI is InChI=1S/C18H24N6O/c1-13-21-15(10-16(22-13)18(25)23(2)3)9-14-5-4-8-24(11-14)17-6-7-19-12-20-17/h6-7,10,12,14H,4-5,8-9,11H2,1-3H3. The Labute approximate surface area is 148 Å². The van der Waals surface area contributed by atoms with Crippen LogP contribution in [0.4, 0.5) is 5.82 Å². The molecule has 1 atom stereocenters. The lowest BCUT2D eigenvalue weighted by Gasteiger charge is -2.33. The fourth-order valence-electron chi connectivity index (χ4n) is 3.28. The van der Waals surface area contributed by atoms with Gasteiger partial charge in [-0.05, 0) is 44.2 Å². The first-order chi connectivity index (χ1) is 12.0. The van der Waals surface area contributed by atoms with Crippen LogP contribution in [0.15, 0.2) is 24.7 Å². The van der Waals surface area contributed by atoms with Crippen LogP contribution in [-0.4, -0.2) is 57.9 Å². The van der Waals surface area contributed by atoms with E-state index in [2.05, 4.69) is 24.8 Å². The first kappa shape index (κ1) is 17.3. The molecule has 0 N–H and O–H groups in total. The van der Waals surface area contributed by atoms with Crippen molar-refractivity contribution in [1.29, 1.82) is 0 Å². The number of aryl methyl sites for hydroxylation is 1. The first-order valence-electron chi connectivity index (χ1n) is 8.60. The SMILES string of the molecule is Cc1nc(CC2CCCN(c3ccncn3)C2)cc(C(=O)N(C)C)n1. The van der Waals surface area contributed by atoms with Gasteiger partial charge in [0.25, 0.3) is 5.91 Å². The number of carbonyl (C=O) groups excluding carboxylic acids is 1. The van der Waals surface area contributed by atoms with Crippen LogP contribution < -0.4 is 4.90 Å². The lowest BCUT2D eigenvalue weighted by atomic mass is 9.93. The van der Waals surface area contributed by atoms with Gasteiger partial charge in [-0.3, -0.25) is 4.79 Å². The Morgan fingerprint density at radius 3 is 2.92 bits per heavy atom. The molecule has 7 nitrogen and oxygen atoms in total. The Kier molecular flexibility index (Phi) is 5.21. The molecule has 1 aliphatic heterocycles. The third-order valence-electron chi connectivity index (χ3n) is 4.42. The Hall–Kier alpha value is -2.57. The summed E-state index contributed by atoms with van der Waals surface area (Å²) in [5.74, 6) is 2.02. The second-order valence-electron chi connectivity index (χ2n) is 6.72. The van der Waals surface area contributed by atoms with Gasteiger partial charge in [-0.2, -0.15) is 0 Å². The van der Waals surface area contributed by atoms with Crippen molar-refractivity contribution in [1.82, 2.24) is 24.8 Å². The molecule has 1 unspecified atom stereocenters. The Balaban J connectivity index is 1.72. The Morgan fingerprint density at radius 2 is 2.20 bits per heavy atom. The molecule has 2 aromatic heterocycles. The number of piperidine rings is 1. The quantitative estimate of drug-likeness (QED) is 0.844. The van der Waals surface area contributed by atoms with Crippen LogP contribution in [0.3, 0.4) is 0 Å². The highest BCUT2D eigenvalue weighted by atomic mass is 16.2. The van der Waals surface area contributed by atoms with Gasteiger partial charge >= 0.3 is 0 Å². The summed E-state index contributed by atoms with van der Waals surface area (Å²) >= 11 is 0. The van der Waals surface area contributed by atoms with Crippen molar-refractivity contribution in [3.8, 4) is 0 Å². The molecule has 2 aromatic rings. The van der Waals surface area contributed by atoms with Crippen molar-refractivity contribution in [2.24, 2.45) is 5.92 Å². The smallest absolute Gasteiger partial charge is 0.272 e. The molecule has 0 spiro atoms. The molecular formula is C18H24N6O. The van der Waals surface area contributed by atoms with Crippen LogP contribution in [-0.2, 0) is 6.42 Å². The molecule has 1 saturated heterocycles. The minimum absolute atomic E-state index is 0.0852. The van der Waals surface area contributed by atoms with Crippen molar-refractivity contribution in [2.75, 3.05) is 32.1 Å². The summed E-state index contributed by atoms with van der Waals surface area (Å²) in [4.78, 5) is 33.2. The summed E-state index contributed by atoms with van der Waals surface area (Å²) in [5.41, 5.74) is 1.41. The molecule has 0 bridgehead atoms. The fraction of sp³-hybridized carbons (Fsp3) is 0.500. The Bertz CT molecular complexity index is 734. The van der Waals surface area contributed by atoms with Crippen LogP contribution in [0.5, 0.6) is 0 Å². The summed E-state index contributed by atoms with van der Waals surface area (Å²) in [5, 5.41) is 0. The molecule has 0 aromatic carbocycles. The molecule has 3 heterocycles. The molecule has 0 saturated carbocycles. The zero-order chi connectivity index (χ0) is 17.8. The number of carbonyl (C=O) groups is 1. The van der Waals surface area contributed by atoms with Crippen LogP contribution in [0.1, 0.15) is 34.8 Å². The van der Waals surface area contributed by atoms with Gasteiger partial charge in [-0.25, -0.2) is 19.9 Å². The average Bonchev–Trinajstić information content (AvgIpc) is 2.61. The van der Waals surface area contributed by atoms with Crippen LogP contribution >= 0.6 is 0 Å². The molecule has 25 heavy (non-hydrogen) atoms. The van der Waals surface area contributed by atoms with E-state index in [-0.39, 0.29) is 5.91 Å². The van der Waals surface area contributed by atoms with Gasteiger partial charge in [0.15, 0.2) is 0 Å². The van der Waals surface area contributed by atoms with Crippen molar-refractivity contribution < 1.29 is 4.79 Å². The largest absolute Gasteiger partial charge is 0.356 e. The fourth-order valence-corrected chi connectivity index (χ4v) is 3.28.